The Balaban J connectivity index is 2.00. The van der Waals surface area contributed by atoms with Crippen LogP contribution in [0.3, 0.4) is 0 Å². The van der Waals surface area contributed by atoms with Crippen LogP contribution >= 0.6 is 11.6 Å². The molecule has 2 rings (SSSR count). The van der Waals surface area contributed by atoms with Crippen LogP contribution in [0.15, 0.2) is 18.2 Å². The maximum atomic E-state index is 12.4. The molecule has 152 valence electrons. The Morgan fingerprint density at radius 3 is 2.37 bits per heavy atom. The van der Waals surface area contributed by atoms with Crippen molar-refractivity contribution in [2.24, 2.45) is 5.92 Å². The normalized spacial score (nSPS) is 20.9. The average Bonchev–Trinajstić information content (AvgIpc) is 2.55. The molecule has 27 heavy (non-hydrogen) atoms. The van der Waals surface area contributed by atoms with Crippen molar-refractivity contribution in [1.29, 1.82) is 0 Å². The molecule has 0 heterocycles. The monoisotopic (exact) mass is 428 g/mol. The minimum atomic E-state index is -5.73. The van der Waals surface area contributed by atoms with E-state index in [1.165, 1.54) is 6.07 Å². The lowest BCUT2D eigenvalue weighted by molar-refractivity contribution is -0.144. The molecule has 0 atom stereocenters. The van der Waals surface area contributed by atoms with Crippen molar-refractivity contribution in [3.8, 4) is 5.75 Å². The number of carbonyl (C=O) groups is 1. The lowest BCUT2D eigenvalue weighted by atomic mass is 9.77. The van der Waals surface area contributed by atoms with Gasteiger partial charge in [-0.25, -0.2) is 0 Å². The van der Waals surface area contributed by atoms with E-state index in [0.717, 1.165) is 43.4 Å². The summed E-state index contributed by atoms with van der Waals surface area (Å²) in [6.45, 7) is 2.10. The van der Waals surface area contributed by atoms with Gasteiger partial charge in [0.1, 0.15) is 5.75 Å². The van der Waals surface area contributed by atoms with Crippen molar-refractivity contribution in [2.45, 2.75) is 50.5 Å². The lowest BCUT2D eigenvalue weighted by Crippen LogP contribution is -2.28. The van der Waals surface area contributed by atoms with Gasteiger partial charge in [0.05, 0.1) is 6.61 Å². The fourth-order valence-electron chi connectivity index (χ4n) is 3.20. The van der Waals surface area contributed by atoms with Gasteiger partial charge in [-0.15, -0.1) is 0 Å². The Kier molecular flexibility index (Phi) is 7.02. The van der Waals surface area contributed by atoms with Crippen molar-refractivity contribution < 1.29 is 35.3 Å². The Hall–Kier alpha value is -1.48. The number of esters is 1. The first kappa shape index (κ1) is 21.8. The standard InChI is InChI=1S/C17H20ClF3O5S/c1-2-25-16(22)9-11-3-5-12(6-4-11)14-8-7-13(10-15(14)18)26-27(23,24)17(19,20)21/h7-8,10-12H,2-6,9H2,1H3/t11-,12-. The molecule has 1 saturated carbocycles. The van der Waals surface area contributed by atoms with E-state index >= 15 is 0 Å². The summed E-state index contributed by atoms with van der Waals surface area (Å²) >= 11 is 6.14. The SMILES string of the molecule is CCOC(=O)C[C@H]1CC[C@H](c2ccc(OS(=O)(=O)C(F)(F)F)cc2Cl)CC1. The van der Waals surface area contributed by atoms with E-state index in [1.54, 1.807) is 6.92 Å². The first-order valence-corrected chi connectivity index (χ1v) is 10.3. The predicted octanol–water partition coefficient (Wildman–Crippen LogP) is 4.80. The summed E-state index contributed by atoms with van der Waals surface area (Å²) in [5.41, 5.74) is -4.78. The lowest BCUT2D eigenvalue weighted by Gasteiger charge is -2.29. The predicted molar refractivity (Wildman–Crippen MR) is 93.0 cm³/mol. The van der Waals surface area contributed by atoms with Crippen LogP contribution in [-0.2, 0) is 19.6 Å². The summed E-state index contributed by atoms with van der Waals surface area (Å²) in [6, 6.07) is 3.72. The number of halogens is 4. The van der Waals surface area contributed by atoms with E-state index in [2.05, 4.69) is 4.18 Å². The van der Waals surface area contributed by atoms with Crippen LogP contribution in [0.25, 0.3) is 0 Å². The Morgan fingerprint density at radius 1 is 1.22 bits per heavy atom. The maximum Gasteiger partial charge on any atom is 0.534 e. The summed E-state index contributed by atoms with van der Waals surface area (Å²) in [7, 11) is -5.73. The third kappa shape index (κ3) is 5.75. The van der Waals surface area contributed by atoms with Crippen LogP contribution in [0, 0.1) is 5.92 Å². The minimum Gasteiger partial charge on any atom is -0.466 e. The number of carbonyl (C=O) groups excluding carboxylic acids is 1. The van der Waals surface area contributed by atoms with Crippen LogP contribution in [0.4, 0.5) is 13.2 Å². The van der Waals surface area contributed by atoms with E-state index in [0.29, 0.717) is 13.0 Å². The largest absolute Gasteiger partial charge is 0.534 e. The van der Waals surface area contributed by atoms with Crippen molar-refractivity contribution in [2.75, 3.05) is 6.61 Å². The van der Waals surface area contributed by atoms with Crippen LogP contribution in [0.2, 0.25) is 5.02 Å². The zero-order chi connectivity index (χ0) is 20.2. The molecule has 1 aliphatic carbocycles. The molecule has 0 radical (unpaired) electrons. The number of hydrogen-bond donors (Lipinski definition) is 0. The second kappa shape index (κ2) is 8.68. The fraction of sp³-hybridized carbons (Fsp3) is 0.588. The molecular weight excluding hydrogens is 409 g/mol. The number of ether oxygens (including phenoxy) is 1. The van der Waals surface area contributed by atoms with E-state index in [4.69, 9.17) is 16.3 Å². The summed E-state index contributed by atoms with van der Waals surface area (Å²) in [5.74, 6) is -0.383. The maximum absolute atomic E-state index is 12.4. The fourth-order valence-corrected chi connectivity index (χ4v) is 3.97. The Morgan fingerprint density at radius 2 is 1.85 bits per heavy atom. The molecule has 10 heteroatoms. The van der Waals surface area contributed by atoms with Crippen molar-refractivity contribution >= 4 is 27.7 Å². The second-order valence-electron chi connectivity index (χ2n) is 6.39. The quantitative estimate of drug-likeness (QED) is 0.370. The highest BCUT2D eigenvalue weighted by Crippen LogP contribution is 2.41. The van der Waals surface area contributed by atoms with E-state index in [-0.39, 0.29) is 22.8 Å². The number of benzene rings is 1. The number of hydrogen-bond acceptors (Lipinski definition) is 5. The Bertz CT molecular complexity index is 771. The number of alkyl halides is 3. The molecule has 0 bridgehead atoms. The highest BCUT2D eigenvalue weighted by atomic mass is 35.5. The van der Waals surface area contributed by atoms with Crippen LogP contribution in [0.5, 0.6) is 5.75 Å². The zero-order valence-corrected chi connectivity index (χ0v) is 16.2. The van der Waals surface area contributed by atoms with Gasteiger partial charge in [0.2, 0.25) is 0 Å². The molecule has 0 unspecified atom stereocenters. The van der Waals surface area contributed by atoms with Gasteiger partial charge < -0.3 is 8.92 Å². The van der Waals surface area contributed by atoms with Gasteiger partial charge in [-0.3, -0.25) is 4.79 Å². The molecule has 0 spiro atoms. The minimum absolute atomic E-state index is 0.0872. The van der Waals surface area contributed by atoms with Crippen LogP contribution in [0.1, 0.15) is 50.5 Å². The smallest absolute Gasteiger partial charge is 0.466 e. The summed E-state index contributed by atoms with van der Waals surface area (Å²) in [6.07, 6.45) is 3.52. The molecule has 0 amide bonds. The molecule has 0 aliphatic heterocycles. The molecular formula is C17H20ClF3O5S. The van der Waals surface area contributed by atoms with Crippen molar-refractivity contribution in [3.05, 3.63) is 28.8 Å². The van der Waals surface area contributed by atoms with Gasteiger partial charge in [0, 0.05) is 17.5 Å². The molecule has 5 nitrogen and oxygen atoms in total. The van der Waals surface area contributed by atoms with Gasteiger partial charge in [0.25, 0.3) is 0 Å². The average molecular weight is 429 g/mol. The van der Waals surface area contributed by atoms with Crippen molar-refractivity contribution in [3.63, 3.8) is 0 Å². The highest BCUT2D eigenvalue weighted by molar-refractivity contribution is 7.88. The van der Waals surface area contributed by atoms with Crippen LogP contribution in [-0.4, -0.2) is 26.5 Å². The summed E-state index contributed by atoms with van der Waals surface area (Å²) < 4.78 is 68.3. The molecule has 0 aromatic heterocycles. The van der Waals surface area contributed by atoms with Crippen molar-refractivity contribution in [1.82, 2.24) is 0 Å². The Labute approximate surface area is 160 Å². The van der Waals surface area contributed by atoms with Gasteiger partial charge in [0.15, 0.2) is 0 Å². The summed E-state index contributed by atoms with van der Waals surface area (Å²) in [5, 5.41) is 0.152. The van der Waals surface area contributed by atoms with Gasteiger partial charge in [-0.2, -0.15) is 21.6 Å². The third-order valence-electron chi connectivity index (χ3n) is 4.51. The zero-order valence-electron chi connectivity index (χ0n) is 14.6. The van der Waals surface area contributed by atoms with Crippen LogP contribution < -0.4 is 4.18 Å². The topological polar surface area (TPSA) is 69.7 Å². The van der Waals surface area contributed by atoms with Gasteiger partial charge in [-0.05, 0) is 56.1 Å². The molecule has 1 fully saturated rings. The van der Waals surface area contributed by atoms with E-state index in [1.807, 2.05) is 0 Å². The van der Waals surface area contributed by atoms with E-state index in [9.17, 15) is 26.4 Å². The molecule has 0 saturated heterocycles. The second-order valence-corrected chi connectivity index (χ2v) is 8.34. The highest BCUT2D eigenvalue weighted by Gasteiger charge is 2.48. The molecule has 1 aromatic carbocycles. The van der Waals surface area contributed by atoms with Gasteiger partial charge in [-0.1, -0.05) is 17.7 Å². The molecule has 1 aliphatic rings. The van der Waals surface area contributed by atoms with Gasteiger partial charge >= 0.3 is 21.6 Å². The third-order valence-corrected chi connectivity index (χ3v) is 5.81. The molecule has 1 aromatic rings. The first-order chi connectivity index (χ1) is 12.5. The summed E-state index contributed by atoms with van der Waals surface area (Å²) in [4.78, 5) is 11.6. The first-order valence-electron chi connectivity index (χ1n) is 8.49. The molecule has 0 N–H and O–H groups in total. The van der Waals surface area contributed by atoms with E-state index < -0.39 is 21.4 Å². The number of rotatable bonds is 6.